The molecule has 1 rings (SSSR count). The van der Waals surface area contributed by atoms with Gasteiger partial charge in [-0.25, -0.2) is 0 Å². The van der Waals surface area contributed by atoms with Gasteiger partial charge in [0.05, 0.1) is 0 Å². The molecular formula is C15H25NO. The molecule has 17 heavy (non-hydrogen) atoms. The second-order valence-electron chi connectivity index (χ2n) is 5.79. The van der Waals surface area contributed by atoms with Crippen molar-refractivity contribution in [1.82, 2.24) is 0 Å². The highest BCUT2D eigenvalue weighted by Crippen LogP contribution is 2.28. The Kier molecular flexibility index (Phi) is 4.72. The zero-order chi connectivity index (χ0) is 13.1. The molecule has 0 aliphatic rings. The Morgan fingerprint density at radius 1 is 1.29 bits per heavy atom. The van der Waals surface area contributed by atoms with Crippen molar-refractivity contribution in [2.45, 2.75) is 52.0 Å². The first-order valence-electron chi connectivity index (χ1n) is 6.33. The van der Waals surface area contributed by atoms with Gasteiger partial charge in [0.15, 0.2) is 0 Å². The summed E-state index contributed by atoms with van der Waals surface area (Å²) in [5.74, 6) is 0. The first-order chi connectivity index (χ1) is 7.86. The lowest BCUT2D eigenvalue weighted by Gasteiger charge is -2.23. The summed E-state index contributed by atoms with van der Waals surface area (Å²) >= 11 is 0. The molecule has 1 atom stereocenters. The molecule has 0 spiro atoms. The highest BCUT2D eigenvalue weighted by Gasteiger charge is 2.16. The van der Waals surface area contributed by atoms with Crippen LogP contribution in [0.2, 0.25) is 0 Å². The number of hydrogen-bond donors (Lipinski definition) is 2. The van der Waals surface area contributed by atoms with E-state index in [0.717, 1.165) is 12.8 Å². The number of rotatable bonds is 4. The zero-order valence-corrected chi connectivity index (χ0v) is 11.5. The van der Waals surface area contributed by atoms with Crippen LogP contribution in [0.4, 0.5) is 0 Å². The zero-order valence-electron chi connectivity index (χ0n) is 11.5. The molecule has 2 nitrogen and oxygen atoms in total. The SMILES string of the molecule is Cc1ccc(C(C)(C)C)cc1C(N)CCCO. The smallest absolute Gasteiger partial charge is 0.0431 e. The van der Waals surface area contributed by atoms with E-state index in [1.165, 1.54) is 16.7 Å². The molecule has 2 heteroatoms. The van der Waals surface area contributed by atoms with E-state index < -0.39 is 0 Å². The molecule has 0 aromatic heterocycles. The van der Waals surface area contributed by atoms with Crippen LogP contribution in [0.15, 0.2) is 18.2 Å². The number of benzene rings is 1. The van der Waals surface area contributed by atoms with Crippen LogP contribution in [0, 0.1) is 6.92 Å². The number of nitrogens with two attached hydrogens (primary N) is 1. The Bertz CT molecular complexity index is 366. The molecule has 1 aromatic carbocycles. The summed E-state index contributed by atoms with van der Waals surface area (Å²) in [4.78, 5) is 0. The maximum atomic E-state index is 8.86. The summed E-state index contributed by atoms with van der Waals surface area (Å²) in [7, 11) is 0. The molecule has 0 heterocycles. The maximum absolute atomic E-state index is 8.86. The van der Waals surface area contributed by atoms with Gasteiger partial charge in [-0.05, 0) is 41.9 Å². The van der Waals surface area contributed by atoms with Gasteiger partial charge in [-0.2, -0.15) is 0 Å². The summed E-state index contributed by atoms with van der Waals surface area (Å²) in [6.07, 6.45) is 1.60. The molecule has 1 aromatic rings. The molecule has 0 fully saturated rings. The van der Waals surface area contributed by atoms with E-state index in [2.05, 4.69) is 45.9 Å². The Hall–Kier alpha value is -0.860. The van der Waals surface area contributed by atoms with E-state index in [1.54, 1.807) is 0 Å². The number of aliphatic hydroxyl groups is 1. The van der Waals surface area contributed by atoms with Gasteiger partial charge in [0.1, 0.15) is 0 Å². The lowest BCUT2D eigenvalue weighted by atomic mass is 9.84. The fraction of sp³-hybridized carbons (Fsp3) is 0.600. The van der Waals surface area contributed by atoms with Gasteiger partial charge < -0.3 is 10.8 Å². The van der Waals surface area contributed by atoms with Crippen LogP contribution in [-0.2, 0) is 5.41 Å². The minimum Gasteiger partial charge on any atom is -0.396 e. The van der Waals surface area contributed by atoms with Crippen LogP contribution in [-0.4, -0.2) is 11.7 Å². The highest BCUT2D eigenvalue weighted by atomic mass is 16.2. The minimum atomic E-state index is 0.0319. The molecule has 0 saturated carbocycles. The van der Waals surface area contributed by atoms with Crippen LogP contribution in [0.5, 0.6) is 0 Å². The lowest BCUT2D eigenvalue weighted by molar-refractivity contribution is 0.280. The van der Waals surface area contributed by atoms with Crippen molar-refractivity contribution in [3.8, 4) is 0 Å². The molecule has 1 unspecified atom stereocenters. The molecule has 3 N–H and O–H groups in total. The second-order valence-corrected chi connectivity index (χ2v) is 5.79. The van der Waals surface area contributed by atoms with Crippen molar-refractivity contribution in [2.75, 3.05) is 6.61 Å². The van der Waals surface area contributed by atoms with Gasteiger partial charge in [0.2, 0.25) is 0 Å². The third kappa shape index (κ3) is 3.83. The van der Waals surface area contributed by atoms with E-state index in [1.807, 2.05) is 0 Å². The molecular weight excluding hydrogens is 210 g/mol. The van der Waals surface area contributed by atoms with Gasteiger partial charge in [-0.15, -0.1) is 0 Å². The summed E-state index contributed by atoms with van der Waals surface area (Å²) in [6, 6.07) is 6.58. The maximum Gasteiger partial charge on any atom is 0.0431 e. The summed E-state index contributed by atoms with van der Waals surface area (Å²) in [5, 5.41) is 8.86. The third-order valence-electron chi connectivity index (χ3n) is 3.22. The fourth-order valence-corrected chi connectivity index (χ4v) is 1.97. The monoisotopic (exact) mass is 235 g/mol. The van der Waals surface area contributed by atoms with E-state index >= 15 is 0 Å². The first-order valence-corrected chi connectivity index (χ1v) is 6.33. The van der Waals surface area contributed by atoms with E-state index in [9.17, 15) is 0 Å². The Morgan fingerprint density at radius 2 is 1.94 bits per heavy atom. The summed E-state index contributed by atoms with van der Waals surface area (Å²) in [5.41, 5.74) is 10.1. The van der Waals surface area contributed by atoms with Gasteiger partial charge in [-0.3, -0.25) is 0 Å². The highest BCUT2D eigenvalue weighted by molar-refractivity contribution is 5.36. The Labute approximate surface area is 105 Å². The lowest BCUT2D eigenvalue weighted by Crippen LogP contribution is -2.16. The standard InChI is InChI=1S/C15H25NO/c1-11-7-8-12(15(2,3)4)10-13(11)14(16)6-5-9-17/h7-8,10,14,17H,5-6,9,16H2,1-4H3. The molecule has 0 amide bonds. The van der Waals surface area contributed by atoms with E-state index in [4.69, 9.17) is 10.8 Å². The Morgan fingerprint density at radius 3 is 2.47 bits per heavy atom. The Balaban J connectivity index is 2.98. The van der Waals surface area contributed by atoms with Crippen LogP contribution >= 0.6 is 0 Å². The molecule has 96 valence electrons. The normalized spacial score (nSPS) is 13.8. The number of aryl methyl sites for hydroxylation is 1. The van der Waals surface area contributed by atoms with Crippen molar-refractivity contribution >= 4 is 0 Å². The van der Waals surface area contributed by atoms with Crippen LogP contribution in [0.25, 0.3) is 0 Å². The van der Waals surface area contributed by atoms with Gasteiger partial charge >= 0.3 is 0 Å². The van der Waals surface area contributed by atoms with Crippen molar-refractivity contribution < 1.29 is 5.11 Å². The molecule has 0 saturated heterocycles. The van der Waals surface area contributed by atoms with Gasteiger partial charge in [0, 0.05) is 12.6 Å². The van der Waals surface area contributed by atoms with Crippen molar-refractivity contribution in [1.29, 1.82) is 0 Å². The van der Waals surface area contributed by atoms with Gasteiger partial charge in [0.25, 0.3) is 0 Å². The molecule has 0 aliphatic carbocycles. The first kappa shape index (κ1) is 14.2. The summed E-state index contributed by atoms with van der Waals surface area (Å²) < 4.78 is 0. The topological polar surface area (TPSA) is 46.2 Å². The largest absolute Gasteiger partial charge is 0.396 e. The van der Waals surface area contributed by atoms with Crippen LogP contribution in [0.3, 0.4) is 0 Å². The predicted molar refractivity (Wildman–Crippen MR) is 73.1 cm³/mol. The van der Waals surface area contributed by atoms with Gasteiger partial charge in [-0.1, -0.05) is 39.0 Å². The van der Waals surface area contributed by atoms with Crippen molar-refractivity contribution in [2.24, 2.45) is 5.73 Å². The molecule has 0 radical (unpaired) electrons. The average Bonchev–Trinajstić information content (AvgIpc) is 2.24. The minimum absolute atomic E-state index is 0.0319. The molecule has 0 aliphatic heterocycles. The fourth-order valence-electron chi connectivity index (χ4n) is 1.97. The summed E-state index contributed by atoms with van der Waals surface area (Å²) in [6.45, 7) is 8.94. The number of hydrogen-bond acceptors (Lipinski definition) is 2. The average molecular weight is 235 g/mol. The van der Waals surface area contributed by atoms with Crippen molar-refractivity contribution in [3.05, 3.63) is 34.9 Å². The third-order valence-corrected chi connectivity index (χ3v) is 3.22. The van der Waals surface area contributed by atoms with Crippen LogP contribution in [0.1, 0.15) is 56.3 Å². The van der Waals surface area contributed by atoms with Crippen LogP contribution < -0.4 is 5.73 Å². The van der Waals surface area contributed by atoms with E-state index in [-0.39, 0.29) is 18.1 Å². The van der Waals surface area contributed by atoms with E-state index in [0.29, 0.717) is 0 Å². The number of aliphatic hydroxyl groups excluding tert-OH is 1. The second kappa shape index (κ2) is 5.65. The quantitative estimate of drug-likeness (QED) is 0.842. The predicted octanol–water partition coefficient (Wildman–Crippen LogP) is 3.06. The molecule has 0 bridgehead atoms. The van der Waals surface area contributed by atoms with Crippen molar-refractivity contribution in [3.63, 3.8) is 0 Å².